The quantitative estimate of drug-likeness (QED) is 0.475. The van der Waals surface area contributed by atoms with Gasteiger partial charge in [0.15, 0.2) is 5.60 Å². The van der Waals surface area contributed by atoms with Crippen LogP contribution in [-0.4, -0.2) is 56.2 Å². The van der Waals surface area contributed by atoms with Gasteiger partial charge in [0.05, 0.1) is 24.3 Å². The lowest BCUT2D eigenvalue weighted by Gasteiger charge is -2.53. The number of aliphatic hydroxyl groups is 5. The zero-order valence-corrected chi connectivity index (χ0v) is 13.7. The van der Waals surface area contributed by atoms with E-state index in [0.29, 0.717) is 5.56 Å². The predicted molar refractivity (Wildman–Crippen MR) is 90.8 cm³/mol. The smallest absolute Gasteiger partial charge is 0.229 e. The second-order valence-electron chi connectivity index (χ2n) is 6.30. The van der Waals surface area contributed by atoms with E-state index >= 15 is 0 Å². The average molecular weight is 357 g/mol. The second-order valence-corrected chi connectivity index (χ2v) is 6.30. The van der Waals surface area contributed by atoms with E-state index in [2.05, 4.69) is 0 Å². The molecule has 0 aromatic heterocycles. The van der Waals surface area contributed by atoms with Gasteiger partial charge in [-0.25, -0.2) is 0 Å². The molecule has 1 saturated carbocycles. The molecule has 0 aliphatic heterocycles. The van der Waals surface area contributed by atoms with Crippen molar-refractivity contribution in [2.45, 2.75) is 24.1 Å². The Hall–Kier alpha value is -2.47. The lowest BCUT2D eigenvalue weighted by molar-refractivity contribution is -0.332. The first-order valence-corrected chi connectivity index (χ1v) is 8.06. The van der Waals surface area contributed by atoms with Crippen LogP contribution in [0, 0.1) is 17.2 Å². The Morgan fingerprint density at radius 3 is 2.08 bits per heavy atom. The molecule has 3 rings (SSSR count). The van der Waals surface area contributed by atoms with E-state index in [1.807, 2.05) is 18.2 Å². The molecule has 0 bridgehead atoms. The van der Waals surface area contributed by atoms with Gasteiger partial charge in [-0.05, 0) is 35.4 Å². The van der Waals surface area contributed by atoms with Crippen molar-refractivity contribution in [2.75, 3.05) is 6.61 Å². The summed E-state index contributed by atoms with van der Waals surface area (Å²) in [4.78, 5) is 0. The minimum atomic E-state index is -2.15. The van der Waals surface area contributed by atoms with Crippen molar-refractivity contribution in [1.29, 1.82) is 5.26 Å². The Labute approximate surface area is 150 Å². The van der Waals surface area contributed by atoms with Crippen LogP contribution in [-0.2, 0) is 0 Å². The fourth-order valence-electron chi connectivity index (χ4n) is 3.14. The van der Waals surface area contributed by atoms with Crippen LogP contribution in [0.4, 0.5) is 0 Å². The van der Waals surface area contributed by atoms with Crippen LogP contribution in [0.15, 0.2) is 48.5 Å². The summed E-state index contributed by atoms with van der Waals surface area (Å²) < 4.78 is 5.28. The van der Waals surface area contributed by atoms with Gasteiger partial charge in [0, 0.05) is 5.92 Å². The first kappa shape index (κ1) is 18.3. The molecule has 7 heteroatoms. The van der Waals surface area contributed by atoms with Crippen LogP contribution >= 0.6 is 0 Å². The molecule has 0 saturated heterocycles. The first-order valence-electron chi connectivity index (χ1n) is 8.06. The largest absolute Gasteiger partial charge is 0.462 e. The van der Waals surface area contributed by atoms with Crippen LogP contribution < -0.4 is 4.74 Å². The molecule has 5 unspecified atom stereocenters. The summed E-state index contributed by atoms with van der Waals surface area (Å²) in [5, 5.41) is 57.8. The topological polar surface area (TPSA) is 134 Å². The summed E-state index contributed by atoms with van der Waals surface area (Å²) in [6.45, 7) is -0.604. The molecule has 0 heterocycles. The standard InChI is InChI=1S/C19H19NO6/c20-9-11-1-3-12(4-2-11)13-5-7-14(8-6-13)26-18(24)19(25)15(10-21)16(22)17(19)23/h1-8,15-18,21-25H,10H2. The van der Waals surface area contributed by atoms with Crippen LogP contribution in [0.1, 0.15) is 5.56 Å². The maximum atomic E-state index is 10.3. The summed E-state index contributed by atoms with van der Waals surface area (Å²) in [5.41, 5.74) is 0.166. The van der Waals surface area contributed by atoms with Crippen molar-refractivity contribution in [2.24, 2.45) is 5.92 Å². The third-order valence-electron chi connectivity index (χ3n) is 4.85. The third-order valence-corrected chi connectivity index (χ3v) is 4.85. The monoisotopic (exact) mass is 357 g/mol. The molecular formula is C19H19NO6. The maximum Gasteiger partial charge on any atom is 0.229 e. The second kappa shape index (κ2) is 7.03. The van der Waals surface area contributed by atoms with Crippen molar-refractivity contribution >= 4 is 0 Å². The summed E-state index contributed by atoms with van der Waals surface area (Å²) >= 11 is 0. The Bertz CT molecular complexity index is 800. The minimum Gasteiger partial charge on any atom is -0.462 e. The maximum absolute atomic E-state index is 10.3. The lowest BCUT2D eigenvalue weighted by Crippen LogP contribution is -2.76. The van der Waals surface area contributed by atoms with E-state index < -0.39 is 36.6 Å². The van der Waals surface area contributed by atoms with Gasteiger partial charge in [0.25, 0.3) is 0 Å². The van der Waals surface area contributed by atoms with Gasteiger partial charge < -0.3 is 30.3 Å². The van der Waals surface area contributed by atoms with Gasteiger partial charge in [0.2, 0.25) is 6.29 Å². The summed E-state index contributed by atoms with van der Waals surface area (Å²) in [6, 6.07) is 15.7. The molecule has 2 aromatic rings. The summed E-state index contributed by atoms with van der Waals surface area (Å²) in [6.07, 6.45) is -4.77. The van der Waals surface area contributed by atoms with Crippen LogP contribution in [0.3, 0.4) is 0 Å². The van der Waals surface area contributed by atoms with Crippen molar-refractivity contribution in [3.8, 4) is 22.9 Å². The molecule has 26 heavy (non-hydrogen) atoms. The predicted octanol–water partition coefficient (Wildman–Crippen LogP) is -0.00252. The molecule has 7 nitrogen and oxygen atoms in total. The molecule has 0 radical (unpaired) electrons. The lowest BCUT2D eigenvalue weighted by atomic mass is 9.64. The molecule has 5 atom stereocenters. The summed E-state index contributed by atoms with van der Waals surface area (Å²) in [5.74, 6) is -0.862. The number of aliphatic hydroxyl groups excluding tert-OH is 4. The van der Waals surface area contributed by atoms with Crippen LogP contribution in [0.5, 0.6) is 5.75 Å². The van der Waals surface area contributed by atoms with Gasteiger partial charge in [-0.15, -0.1) is 0 Å². The normalized spacial score (nSPS) is 28.7. The number of nitrogens with zero attached hydrogens (tertiary/aromatic N) is 1. The minimum absolute atomic E-state index is 0.244. The van der Waals surface area contributed by atoms with E-state index in [9.17, 15) is 25.5 Å². The van der Waals surface area contributed by atoms with Crippen molar-refractivity contribution in [1.82, 2.24) is 0 Å². The first-order chi connectivity index (χ1) is 12.4. The van der Waals surface area contributed by atoms with E-state index in [-0.39, 0.29) is 5.75 Å². The molecule has 136 valence electrons. The SMILES string of the molecule is N#Cc1ccc(-c2ccc(OC(O)C3(O)C(O)C(O)C3CO)cc2)cc1. The molecule has 0 spiro atoms. The Balaban J connectivity index is 1.72. The van der Waals surface area contributed by atoms with Crippen LogP contribution in [0.2, 0.25) is 0 Å². The number of nitriles is 1. The molecule has 5 N–H and O–H groups in total. The zero-order chi connectivity index (χ0) is 18.9. The van der Waals surface area contributed by atoms with Gasteiger partial charge in [0.1, 0.15) is 11.9 Å². The van der Waals surface area contributed by atoms with E-state index in [0.717, 1.165) is 11.1 Å². The fraction of sp³-hybridized carbons (Fsp3) is 0.316. The van der Waals surface area contributed by atoms with Crippen molar-refractivity contribution < 1.29 is 30.3 Å². The Morgan fingerprint density at radius 1 is 1.04 bits per heavy atom. The zero-order valence-electron chi connectivity index (χ0n) is 13.7. The van der Waals surface area contributed by atoms with Crippen LogP contribution in [0.25, 0.3) is 11.1 Å². The summed E-state index contributed by atoms with van der Waals surface area (Å²) in [7, 11) is 0. The molecule has 1 aliphatic rings. The highest BCUT2D eigenvalue weighted by Crippen LogP contribution is 2.42. The van der Waals surface area contributed by atoms with E-state index in [1.165, 1.54) is 0 Å². The van der Waals surface area contributed by atoms with Crippen molar-refractivity contribution in [3.63, 3.8) is 0 Å². The highest BCUT2D eigenvalue weighted by atomic mass is 16.6. The van der Waals surface area contributed by atoms with Gasteiger partial charge >= 0.3 is 0 Å². The molecule has 2 aromatic carbocycles. The Kier molecular flexibility index (Phi) is 4.96. The van der Waals surface area contributed by atoms with Crippen molar-refractivity contribution in [3.05, 3.63) is 54.1 Å². The average Bonchev–Trinajstić information content (AvgIpc) is 2.68. The number of benzene rings is 2. The van der Waals surface area contributed by atoms with Gasteiger partial charge in [-0.2, -0.15) is 5.26 Å². The Morgan fingerprint density at radius 2 is 1.58 bits per heavy atom. The molecule has 1 fully saturated rings. The molecular weight excluding hydrogens is 338 g/mol. The highest BCUT2D eigenvalue weighted by Gasteiger charge is 2.65. The number of hydrogen-bond acceptors (Lipinski definition) is 7. The number of ether oxygens (including phenoxy) is 1. The molecule has 0 amide bonds. The van der Waals surface area contributed by atoms with E-state index in [1.54, 1.807) is 36.4 Å². The highest BCUT2D eigenvalue weighted by molar-refractivity contribution is 5.64. The third kappa shape index (κ3) is 2.94. The van der Waals surface area contributed by atoms with Gasteiger partial charge in [-0.1, -0.05) is 24.3 Å². The number of hydrogen-bond donors (Lipinski definition) is 5. The molecule has 1 aliphatic carbocycles. The number of rotatable bonds is 5. The fourth-order valence-corrected chi connectivity index (χ4v) is 3.14. The van der Waals surface area contributed by atoms with Gasteiger partial charge in [-0.3, -0.25) is 0 Å². The van der Waals surface area contributed by atoms with E-state index in [4.69, 9.17) is 10.00 Å².